The number of nitrogens with one attached hydrogen (secondary N) is 1. The van der Waals surface area contributed by atoms with Gasteiger partial charge in [-0.25, -0.2) is 9.18 Å². The zero-order valence-electron chi connectivity index (χ0n) is 10.8. The van der Waals surface area contributed by atoms with E-state index in [4.69, 9.17) is 5.11 Å². The van der Waals surface area contributed by atoms with Gasteiger partial charge in [-0.3, -0.25) is 4.79 Å². The van der Waals surface area contributed by atoms with E-state index < -0.39 is 17.5 Å². The lowest BCUT2D eigenvalue weighted by molar-refractivity contribution is -0.146. The topological polar surface area (TPSA) is 90.4 Å². The smallest absolute Gasteiger partial charge is 0.376 e. The lowest BCUT2D eigenvalue weighted by Crippen LogP contribution is -2.09. The van der Waals surface area contributed by atoms with E-state index in [-0.39, 0.29) is 17.9 Å². The average Bonchev–Trinajstić information content (AvgIpc) is 2.90. The van der Waals surface area contributed by atoms with Gasteiger partial charge in [-0.1, -0.05) is 18.2 Å². The number of carboxylic acid groups (broad SMARTS) is 1. The van der Waals surface area contributed by atoms with E-state index in [2.05, 4.69) is 4.98 Å². The number of carboxylic acids is 1. The number of benzene rings is 1. The average molecular weight is 289 g/mol. The minimum absolute atomic E-state index is 0.191. The van der Waals surface area contributed by atoms with Gasteiger partial charge in [-0.15, -0.1) is 0 Å². The standard InChI is InChI=1S/C15H12FNO4/c16-11-4-2-1-3-9(11)7-10-5-6-12(17-10)13(18)8-14(19)15(20)21/h1-6,8,17-18H,7H2,(H,20,21). The molecule has 21 heavy (non-hydrogen) atoms. The Hall–Kier alpha value is -2.89. The van der Waals surface area contributed by atoms with Crippen LogP contribution >= 0.6 is 0 Å². The summed E-state index contributed by atoms with van der Waals surface area (Å²) in [6, 6.07) is 9.39. The summed E-state index contributed by atoms with van der Waals surface area (Å²) in [6.07, 6.45) is 0.897. The Morgan fingerprint density at radius 3 is 2.52 bits per heavy atom. The van der Waals surface area contributed by atoms with Crippen molar-refractivity contribution in [2.45, 2.75) is 6.42 Å². The van der Waals surface area contributed by atoms with Crippen LogP contribution in [-0.4, -0.2) is 26.9 Å². The molecule has 0 amide bonds. The van der Waals surface area contributed by atoms with Gasteiger partial charge in [0, 0.05) is 18.2 Å². The maximum absolute atomic E-state index is 13.5. The van der Waals surface area contributed by atoms with E-state index in [9.17, 15) is 19.1 Å². The monoisotopic (exact) mass is 289 g/mol. The fraction of sp³-hybridized carbons (Fsp3) is 0.0667. The predicted octanol–water partition coefficient (Wildman–Crippen LogP) is 2.30. The highest BCUT2D eigenvalue weighted by atomic mass is 19.1. The van der Waals surface area contributed by atoms with Crippen LogP contribution in [0, 0.1) is 5.82 Å². The highest BCUT2D eigenvalue weighted by Gasteiger charge is 2.12. The molecule has 0 unspecified atom stereocenters. The number of halogens is 1. The SMILES string of the molecule is O=C(O)C(=O)C=C(O)c1ccc(Cc2ccccc2F)[nH]1. The first-order chi connectivity index (χ1) is 9.97. The number of H-pyrrole nitrogens is 1. The number of aliphatic carboxylic acids is 1. The number of carbonyl (C=O) groups is 2. The highest BCUT2D eigenvalue weighted by molar-refractivity contribution is 6.38. The molecule has 0 atom stereocenters. The summed E-state index contributed by atoms with van der Waals surface area (Å²) in [5, 5.41) is 18.1. The van der Waals surface area contributed by atoms with Crippen LogP contribution in [0.1, 0.15) is 17.0 Å². The molecule has 0 aliphatic rings. The number of carbonyl (C=O) groups excluding carboxylic acids is 1. The van der Waals surface area contributed by atoms with Gasteiger partial charge in [-0.05, 0) is 23.8 Å². The largest absolute Gasteiger partial charge is 0.506 e. The van der Waals surface area contributed by atoms with Crippen molar-refractivity contribution in [3.63, 3.8) is 0 Å². The third-order valence-electron chi connectivity index (χ3n) is 2.84. The van der Waals surface area contributed by atoms with E-state index in [1.54, 1.807) is 24.3 Å². The molecule has 0 bridgehead atoms. The first-order valence-electron chi connectivity index (χ1n) is 6.07. The molecule has 0 spiro atoms. The normalized spacial score (nSPS) is 11.4. The summed E-state index contributed by atoms with van der Waals surface area (Å²) in [5.41, 5.74) is 1.30. The van der Waals surface area contributed by atoms with Crippen LogP contribution in [0.3, 0.4) is 0 Å². The number of aliphatic hydroxyl groups is 1. The molecule has 5 nitrogen and oxygen atoms in total. The lowest BCUT2D eigenvalue weighted by Gasteiger charge is -2.01. The fourth-order valence-electron chi connectivity index (χ4n) is 1.80. The number of aromatic nitrogens is 1. The van der Waals surface area contributed by atoms with E-state index >= 15 is 0 Å². The summed E-state index contributed by atoms with van der Waals surface area (Å²) < 4.78 is 13.5. The van der Waals surface area contributed by atoms with E-state index in [0.29, 0.717) is 17.3 Å². The summed E-state index contributed by atoms with van der Waals surface area (Å²) in [6.45, 7) is 0. The van der Waals surface area contributed by atoms with E-state index in [0.717, 1.165) is 0 Å². The van der Waals surface area contributed by atoms with Crippen LogP contribution in [0.15, 0.2) is 42.5 Å². The number of aliphatic hydroxyl groups excluding tert-OH is 1. The third-order valence-corrected chi connectivity index (χ3v) is 2.84. The minimum Gasteiger partial charge on any atom is -0.506 e. The molecule has 0 radical (unpaired) electrons. The van der Waals surface area contributed by atoms with Crippen molar-refractivity contribution in [1.82, 2.24) is 4.98 Å². The summed E-state index contributed by atoms with van der Waals surface area (Å²) in [5.74, 6) is -3.70. The van der Waals surface area contributed by atoms with Crippen LogP contribution in [0.25, 0.3) is 5.76 Å². The summed E-state index contributed by atoms with van der Waals surface area (Å²) >= 11 is 0. The summed E-state index contributed by atoms with van der Waals surface area (Å²) in [7, 11) is 0. The maximum Gasteiger partial charge on any atom is 0.376 e. The molecule has 108 valence electrons. The van der Waals surface area contributed by atoms with Gasteiger partial charge in [-0.2, -0.15) is 0 Å². The Labute approximate surface area is 119 Å². The Kier molecular flexibility index (Phi) is 4.18. The molecule has 2 aromatic rings. The minimum atomic E-state index is -1.65. The second kappa shape index (κ2) is 6.04. The second-order valence-electron chi connectivity index (χ2n) is 4.36. The molecule has 1 heterocycles. The zero-order chi connectivity index (χ0) is 15.4. The van der Waals surface area contributed by atoms with Crippen molar-refractivity contribution in [2.24, 2.45) is 0 Å². The molecular weight excluding hydrogens is 277 g/mol. The number of hydrogen-bond donors (Lipinski definition) is 3. The van der Waals surface area contributed by atoms with Crippen molar-refractivity contribution in [2.75, 3.05) is 0 Å². The first kappa shape index (κ1) is 14.5. The van der Waals surface area contributed by atoms with Crippen LogP contribution in [0.5, 0.6) is 0 Å². The van der Waals surface area contributed by atoms with Crippen molar-refractivity contribution in [3.05, 3.63) is 65.2 Å². The molecule has 2 rings (SSSR count). The second-order valence-corrected chi connectivity index (χ2v) is 4.36. The predicted molar refractivity (Wildman–Crippen MR) is 73.2 cm³/mol. The zero-order valence-corrected chi connectivity index (χ0v) is 10.8. The molecular formula is C15H12FNO4. The molecule has 1 aromatic carbocycles. The molecule has 0 saturated carbocycles. The Bertz CT molecular complexity index is 718. The molecule has 1 aromatic heterocycles. The molecule has 0 saturated heterocycles. The number of rotatable bonds is 5. The Morgan fingerprint density at radius 2 is 1.86 bits per heavy atom. The van der Waals surface area contributed by atoms with E-state index in [1.165, 1.54) is 12.1 Å². The summed E-state index contributed by atoms with van der Waals surface area (Å²) in [4.78, 5) is 24.2. The van der Waals surface area contributed by atoms with Crippen LogP contribution in [-0.2, 0) is 16.0 Å². The van der Waals surface area contributed by atoms with Gasteiger partial charge in [0.1, 0.15) is 11.6 Å². The Morgan fingerprint density at radius 1 is 1.14 bits per heavy atom. The number of hydrogen-bond acceptors (Lipinski definition) is 3. The lowest BCUT2D eigenvalue weighted by atomic mass is 10.1. The van der Waals surface area contributed by atoms with Crippen molar-refractivity contribution in [3.8, 4) is 0 Å². The molecule has 6 heteroatoms. The first-order valence-corrected chi connectivity index (χ1v) is 6.07. The van der Waals surface area contributed by atoms with Crippen LogP contribution < -0.4 is 0 Å². The van der Waals surface area contributed by atoms with Gasteiger partial charge in [0.2, 0.25) is 0 Å². The quantitative estimate of drug-likeness (QED) is 0.447. The highest BCUT2D eigenvalue weighted by Crippen LogP contribution is 2.16. The molecule has 0 aliphatic heterocycles. The van der Waals surface area contributed by atoms with Crippen molar-refractivity contribution in [1.29, 1.82) is 0 Å². The maximum atomic E-state index is 13.5. The number of ketones is 1. The van der Waals surface area contributed by atoms with Crippen molar-refractivity contribution >= 4 is 17.5 Å². The Balaban J connectivity index is 2.17. The van der Waals surface area contributed by atoms with Gasteiger partial charge in [0.05, 0.1) is 5.69 Å². The van der Waals surface area contributed by atoms with Crippen LogP contribution in [0.2, 0.25) is 0 Å². The van der Waals surface area contributed by atoms with E-state index in [1.807, 2.05) is 0 Å². The van der Waals surface area contributed by atoms with Crippen molar-refractivity contribution < 1.29 is 24.2 Å². The van der Waals surface area contributed by atoms with Gasteiger partial charge < -0.3 is 15.2 Å². The number of aromatic amines is 1. The molecule has 0 fully saturated rings. The van der Waals surface area contributed by atoms with Gasteiger partial charge in [0.25, 0.3) is 5.78 Å². The molecule has 0 aliphatic carbocycles. The van der Waals surface area contributed by atoms with Crippen LogP contribution in [0.4, 0.5) is 4.39 Å². The molecule has 3 N–H and O–H groups in total. The van der Waals surface area contributed by atoms with Gasteiger partial charge >= 0.3 is 5.97 Å². The van der Waals surface area contributed by atoms with Gasteiger partial charge in [0.15, 0.2) is 0 Å². The third kappa shape index (κ3) is 3.56. The fourth-order valence-corrected chi connectivity index (χ4v) is 1.80.